The van der Waals surface area contributed by atoms with Gasteiger partial charge in [-0.25, -0.2) is 4.98 Å². The molecule has 1 unspecified atom stereocenters. The average Bonchev–Trinajstić information content (AvgIpc) is 2.49. The molecule has 1 heterocycles. The molecule has 0 bridgehead atoms. The van der Waals surface area contributed by atoms with Crippen molar-refractivity contribution in [3.05, 3.63) is 10.6 Å². The Morgan fingerprint density at radius 3 is 2.44 bits per heavy atom. The third-order valence-corrected chi connectivity index (χ3v) is 6.31. The number of hydrogen-bond acceptors (Lipinski definition) is 3. The van der Waals surface area contributed by atoms with Crippen molar-refractivity contribution >= 4 is 54.2 Å². The molecule has 1 aliphatic rings. The first-order chi connectivity index (χ1) is 7.26. The summed E-state index contributed by atoms with van der Waals surface area (Å²) in [5.74, 6) is 0.00926. The van der Waals surface area contributed by atoms with Crippen LogP contribution in [0.4, 0.5) is 5.13 Å². The summed E-state index contributed by atoms with van der Waals surface area (Å²) >= 11 is 8.48. The van der Waals surface area contributed by atoms with E-state index in [0.29, 0.717) is 5.13 Å². The van der Waals surface area contributed by atoms with Gasteiger partial charge in [-0.2, -0.15) is 0 Å². The maximum atomic E-state index is 12.0. The highest BCUT2D eigenvalue weighted by molar-refractivity contribution is 9.25. The molecule has 16 heavy (non-hydrogen) atoms. The van der Waals surface area contributed by atoms with Gasteiger partial charge in [0.15, 0.2) is 5.13 Å². The van der Waals surface area contributed by atoms with Gasteiger partial charge in [0.1, 0.15) is 0 Å². The summed E-state index contributed by atoms with van der Waals surface area (Å²) in [5, 5.41) is 3.55. The molecule has 2 rings (SSSR count). The molecule has 0 aliphatic heterocycles. The summed E-state index contributed by atoms with van der Waals surface area (Å²) in [6.07, 6.45) is 0.787. The predicted molar refractivity (Wildman–Crippen MR) is 73.5 cm³/mol. The molecule has 0 radical (unpaired) electrons. The van der Waals surface area contributed by atoms with Crippen LogP contribution in [0.2, 0.25) is 0 Å². The van der Waals surface area contributed by atoms with Gasteiger partial charge in [0.25, 0.3) is 0 Å². The summed E-state index contributed by atoms with van der Waals surface area (Å²) in [6.45, 7) is 5.87. The minimum atomic E-state index is -0.388. The van der Waals surface area contributed by atoms with E-state index in [1.54, 1.807) is 0 Å². The van der Waals surface area contributed by atoms with Crippen LogP contribution in [-0.2, 0) is 4.79 Å². The summed E-state index contributed by atoms with van der Waals surface area (Å²) in [7, 11) is 0. The monoisotopic (exact) mass is 366 g/mol. The Balaban J connectivity index is 2.09. The van der Waals surface area contributed by atoms with Gasteiger partial charge in [-0.05, 0) is 27.2 Å². The summed E-state index contributed by atoms with van der Waals surface area (Å²) in [6, 6.07) is 0. The van der Waals surface area contributed by atoms with Crippen LogP contribution in [0.25, 0.3) is 0 Å². The maximum absolute atomic E-state index is 12.0. The molecule has 1 saturated carbocycles. The lowest BCUT2D eigenvalue weighted by atomic mass is 10.1. The van der Waals surface area contributed by atoms with Crippen LogP contribution in [0.1, 0.15) is 23.9 Å². The second-order valence-corrected chi connectivity index (χ2v) is 9.30. The fraction of sp³-hybridized carbons (Fsp3) is 0.600. The van der Waals surface area contributed by atoms with Gasteiger partial charge >= 0.3 is 0 Å². The largest absolute Gasteiger partial charge is 0.301 e. The van der Waals surface area contributed by atoms with Crippen molar-refractivity contribution in [1.82, 2.24) is 4.98 Å². The number of amides is 1. The Hall–Kier alpha value is 0.0600. The van der Waals surface area contributed by atoms with Gasteiger partial charge in [0.2, 0.25) is 5.91 Å². The second kappa shape index (κ2) is 3.78. The predicted octanol–water partition coefficient (Wildman–Crippen LogP) is 3.59. The van der Waals surface area contributed by atoms with E-state index >= 15 is 0 Å². The highest BCUT2D eigenvalue weighted by Gasteiger charge is 2.66. The summed E-state index contributed by atoms with van der Waals surface area (Å²) in [4.78, 5) is 17.5. The zero-order chi connectivity index (χ0) is 12.1. The number of hydrogen-bond donors (Lipinski definition) is 1. The number of alkyl halides is 2. The van der Waals surface area contributed by atoms with E-state index < -0.39 is 0 Å². The number of aryl methyl sites for hydroxylation is 2. The lowest BCUT2D eigenvalue weighted by Gasteiger charge is -2.10. The number of halogens is 2. The molecule has 1 aromatic rings. The standard InChI is InChI=1S/C10H12Br2N2OS/c1-5-6(2)16-8(13-5)14-7(15)9(3)4-10(9,11)12/h4H2,1-3H3,(H,13,14,15). The highest BCUT2D eigenvalue weighted by Crippen LogP contribution is 2.66. The van der Waals surface area contributed by atoms with Crippen molar-refractivity contribution in [3.8, 4) is 0 Å². The van der Waals surface area contributed by atoms with Crippen LogP contribution in [-0.4, -0.2) is 14.1 Å². The Morgan fingerprint density at radius 1 is 1.50 bits per heavy atom. The van der Waals surface area contributed by atoms with Gasteiger partial charge in [-0.1, -0.05) is 31.9 Å². The smallest absolute Gasteiger partial charge is 0.234 e. The molecular formula is C10H12Br2N2OS. The quantitative estimate of drug-likeness (QED) is 0.811. The molecule has 1 aliphatic carbocycles. The van der Waals surface area contributed by atoms with E-state index in [0.717, 1.165) is 17.0 Å². The first-order valence-electron chi connectivity index (χ1n) is 4.89. The number of nitrogens with one attached hydrogen (secondary N) is 1. The number of rotatable bonds is 2. The fourth-order valence-corrected chi connectivity index (χ4v) is 3.70. The van der Waals surface area contributed by atoms with Crippen LogP contribution in [0.15, 0.2) is 0 Å². The number of anilines is 1. The van der Waals surface area contributed by atoms with E-state index in [1.165, 1.54) is 11.3 Å². The van der Waals surface area contributed by atoms with E-state index in [4.69, 9.17) is 0 Å². The van der Waals surface area contributed by atoms with Crippen molar-refractivity contribution in [1.29, 1.82) is 0 Å². The molecular weight excluding hydrogens is 356 g/mol. The van der Waals surface area contributed by atoms with Gasteiger partial charge in [-0.3, -0.25) is 4.79 Å². The Kier molecular flexibility index (Phi) is 2.96. The molecule has 1 amide bonds. The maximum Gasteiger partial charge on any atom is 0.234 e. The molecule has 0 saturated heterocycles. The van der Waals surface area contributed by atoms with Crippen molar-refractivity contribution < 1.29 is 4.79 Å². The Labute approximate surface area is 115 Å². The Bertz CT molecular complexity index is 438. The molecule has 0 aromatic carbocycles. The minimum Gasteiger partial charge on any atom is -0.301 e. The fourth-order valence-electron chi connectivity index (χ4n) is 1.41. The minimum absolute atomic E-state index is 0.00926. The Morgan fingerprint density at radius 2 is 2.06 bits per heavy atom. The van der Waals surface area contributed by atoms with E-state index in [1.807, 2.05) is 20.8 Å². The van der Waals surface area contributed by atoms with Crippen molar-refractivity contribution in [2.75, 3.05) is 5.32 Å². The SMILES string of the molecule is Cc1nc(NC(=O)C2(C)CC2(Br)Br)sc1C. The third-order valence-electron chi connectivity index (χ3n) is 3.01. The van der Waals surface area contributed by atoms with Crippen LogP contribution >= 0.6 is 43.2 Å². The number of thiazole rings is 1. The summed E-state index contributed by atoms with van der Waals surface area (Å²) < 4.78 is -0.252. The average molecular weight is 368 g/mol. The number of carbonyl (C=O) groups excluding carboxylic acids is 1. The first kappa shape index (κ1) is 12.5. The number of aromatic nitrogens is 1. The van der Waals surface area contributed by atoms with Gasteiger partial charge in [0.05, 0.1) is 14.3 Å². The second-order valence-electron chi connectivity index (χ2n) is 4.33. The summed E-state index contributed by atoms with van der Waals surface area (Å²) in [5.41, 5.74) is 0.589. The zero-order valence-electron chi connectivity index (χ0n) is 9.23. The molecule has 1 atom stereocenters. The van der Waals surface area contributed by atoms with E-state index in [9.17, 15) is 4.79 Å². The molecule has 3 nitrogen and oxygen atoms in total. The number of carbonyl (C=O) groups is 1. The highest BCUT2D eigenvalue weighted by atomic mass is 79.9. The molecule has 0 spiro atoms. The normalized spacial score (nSPS) is 26.6. The van der Waals surface area contributed by atoms with Gasteiger partial charge in [-0.15, -0.1) is 11.3 Å². The molecule has 1 aromatic heterocycles. The molecule has 1 fully saturated rings. The van der Waals surface area contributed by atoms with E-state index in [2.05, 4.69) is 42.2 Å². The third kappa shape index (κ3) is 1.95. The van der Waals surface area contributed by atoms with Crippen molar-refractivity contribution in [3.63, 3.8) is 0 Å². The zero-order valence-corrected chi connectivity index (χ0v) is 13.2. The molecule has 1 N–H and O–H groups in total. The van der Waals surface area contributed by atoms with Crippen LogP contribution < -0.4 is 5.32 Å². The van der Waals surface area contributed by atoms with Crippen LogP contribution in [0.3, 0.4) is 0 Å². The van der Waals surface area contributed by atoms with Crippen LogP contribution in [0, 0.1) is 19.3 Å². The van der Waals surface area contributed by atoms with Crippen molar-refractivity contribution in [2.24, 2.45) is 5.41 Å². The molecule has 6 heteroatoms. The van der Waals surface area contributed by atoms with E-state index in [-0.39, 0.29) is 14.6 Å². The lowest BCUT2D eigenvalue weighted by molar-refractivity contribution is -0.120. The topological polar surface area (TPSA) is 42.0 Å². The molecule has 88 valence electrons. The first-order valence-corrected chi connectivity index (χ1v) is 7.30. The number of nitrogens with zero attached hydrogens (tertiary/aromatic N) is 1. The van der Waals surface area contributed by atoms with Crippen LogP contribution in [0.5, 0.6) is 0 Å². The van der Waals surface area contributed by atoms with Crippen molar-refractivity contribution in [2.45, 2.75) is 30.4 Å². The van der Waals surface area contributed by atoms with Gasteiger partial charge < -0.3 is 5.32 Å². The van der Waals surface area contributed by atoms with Gasteiger partial charge in [0, 0.05) is 4.88 Å². The lowest BCUT2D eigenvalue weighted by Crippen LogP contribution is -2.25.